The summed E-state index contributed by atoms with van der Waals surface area (Å²) in [4.78, 5) is 27.7. The number of rotatable bonds is 10. The third kappa shape index (κ3) is 8.52. The molecule has 0 fully saturated rings. The van der Waals surface area contributed by atoms with Crippen LogP contribution in [0, 0.1) is 0 Å². The molecule has 5 heteroatoms. The Morgan fingerprint density at radius 2 is 1.35 bits per heavy atom. The van der Waals surface area contributed by atoms with Crippen LogP contribution in [0.5, 0.6) is 0 Å². The molecule has 0 aromatic carbocycles. The average molecular weight is 240 g/mol. The van der Waals surface area contributed by atoms with Gasteiger partial charge in [-0.3, -0.25) is 0 Å². The van der Waals surface area contributed by atoms with Gasteiger partial charge in [-0.05, 0) is 12.8 Å². The predicted octanol–water partition coefficient (Wildman–Crippen LogP) is 2.01. The molecule has 0 aromatic heterocycles. The maximum Gasteiger partial charge on any atom is 0.235 e. The first-order valence-corrected chi connectivity index (χ1v) is 6.00. The van der Waals surface area contributed by atoms with Gasteiger partial charge in [0, 0.05) is 0 Å². The summed E-state index contributed by atoms with van der Waals surface area (Å²) in [5.41, 5.74) is 0. The number of isocyanates is 2. The van der Waals surface area contributed by atoms with Gasteiger partial charge in [0.2, 0.25) is 12.2 Å². The van der Waals surface area contributed by atoms with Gasteiger partial charge in [0.15, 0.2) is 0 Å². The normalized spacial score (nSPS) is 13.3. The fourth-order valence-corrected chi connectivity index (χ4v) is 1.53. The van der Waals surface area contributed by atoms with Gasteiger partial charge in [0.25, 0.3) is 0 Å². The summed E-state index contributed by atoms with van der Waals surface area (Å²) < 4.78 is 5.42. The second kappa shape index (κ2) is 11.2. The smallest absolute Gasteiger partial charge is 0.235 e. The van der Waals surface area contributed by atoms with Gasteiger partial charge in [-0.1, -0.05) is 26.7 Å². The molecule has 0 aliphatic carbocycles. The van der Waals surface area contributed by atoms with Crippen molar-refractivity contribution in [3.8, 4) is 0 Å². The van der Waals surface area contributed by atoms with Crippen LogP contribution >= 0.6 is 0 Å². The van der Waals surface area contributed by atoms with Crippen molar-refractivity contribution in [2.75, 3.05) is 13.2 Å². The molecule has 17 heavy (non-hydrogen) atoms. The lowest BCUT2D eigenvalue weighted by atomic mass is 10.2. The van der Waals surface area contributed by atoms with Crippen molar-refractivity contribution in [3.05, 3.63) is 0 Å². The Morgan fingerprint density at radius 3 is 1.65 bits per heavy atom. The first-order chi connectivity index (χ1) is 8.28. The van der Waals surface area contributed by atoms with Crippen LogP contribution in [0.3, 0.4) is 0 Å². The average Bonchev–Trinajstić information content (AvgIpc) is 2.30. The molecule has 2 unspecified atom stereocenters. The topological polar surface area (TPSA) is 68.1 Å². The molecule has 2 atom stereocenters. The first kappa shape index (κ1) is 15.7. The fourth-order valence-electron chi connectivity index (χ4n) is 1.53. The molecule has 0 saturated heterocycles. The highest BCUT2D eigenvalue weighted by molar-refractivity contribution is 5.33. The number of hydrogen-bond donors (Lipinski definition) is 0. The van der Waals surface area contributed by atoms with Gasteiger partial charge in [-0.2, -0.15) is 0 Å². The monoisotopic (exact) mass is 240 g/mol. The van der Waals surface area contributed by atoms with Crippen molar-refractivity contribution in [2.24, 2.45) is 9.98 Å². The Morgan fingerprint density at radius 1 is 0.941 bits per heavy atom. The van der Waals surface area contributed by atoms with E-state index in [1.165, 1.54) is 0 Å². The molecule has 0 heterocycles. The van der Waals surface area contributed by atoms with Crippen molar-refractivity contribution in [3.63, 3.8) is 0 Å². The van der Waals surface area contributed by atoms with E-state index in [0.717, 1.165) is 25.7 Å². The van der Waals surface area contributed by atoms with E-state index < -0.39 is 0 Å². The Bertz CT molecular complexity index is 253. The summed E-state index contributed by atoms with van der Waals surface area (Å²) in [6, 6.07) is -0.278. The van der Waals surface area contributed by atoms with E-state index in [9.17, 15) is 9.59 Å². The minimum absolute atomic E-state index is 0.139. The fraction of sp³-hybridized carbons (Fsp3) is 0.833. The van der Waals surface area contributed by atoms with E-state index in [1.54, 1.807) is 12.2 Å². The molecule has 0 saturated carbocycles. The molecule has 0 rings (SSSR count). The van der Waals surface area contributed by atoms with Gasteiger partial charge >= 0.3 is 0 Å². The third-order valence-corrected chi connectivity index (χ3v) is 2.33. The summed E-state index contributed by atoms with van der Waals surface area (Å²) in [5, 5.41) is 0. The van der Waals surface area contributed by atoms with E-state index >= 15 is 0 Å². The lowest BCUT2D eigenvalue weighted by Gasteiger charge is -2.13. The predicted molar refractivity (Wildman–Crippen MR) is 64.5 cm³/mol. The molecule has 96 valence electrons. The van der Waals surface area contributed by atoms with Gasteiger partial charge in [-0.25, -0.2) is 19.6 Å². The van der Waals surface area contributed by atoms with Crippen molar-refractivity contribution < 1.29 is 14.3 Å². The largest absolute Gasteiger partial charge is 0.377 e. The Balaban J connectivity index is 3.98. The lowest BCUT2D eigenvalue weighted by Crippen LogP contribution is -2.19. The van der Waals surface area contributed by atoms with Crippen LogP contribution in [0.1, 0.15) is 39.5 Å². The Hall–Kier alpha value is -1.28. The number of ether oxygens (including phenoxy) is 1. The lowest BCUT2D eigenvalue weighted by molar-refractivity contribution is 0.105. The van der Waals surface area contributed by atoms with E-state index in [0.29, 0.717) is 13.2 Å². The molecule has 0 amide bonds. The highest BCUT2D eigenvalue weighted by Gasteiger charge is 2.09. The van der Waals surface area contributed by atoms with Crippen LogP contribution in [0.25, 0.3) is 0 Å². The standard InChI is InChI=1S/C12H20N2O3/c1-3-5-11(13-9-15)7-17-8-12(6-4-2)14-10-16/h11-12H,3-8H2,1-2H3. The molecule has 0 bridgehead atoms. The SMILES string of the molecule is CCCC(COCC(CCC)N=C=O)N=C=O. The Kier molecular flexibility index (Phi) is 10.4. The zero-order valence-corrected chi connectivity index (χ0v) is 10.5. The highest BCUT2D eigenvalue weighted by atomic mass is 16.5. The highest BCUT2D eigenvalue weighted by Crippen LogP contribution is 2.05. The number of carbonyl (C=O) groups excluding carboxylic acids is 2. The zero-order valence-electron chi connectivity index (χ0n) is 10.5. The van der Waals surface area contributed by atoms with Crippen LogP contribution in [-0.4, -0.2) is 37.5 Å². The van der Waals surface area contributed by atoms with Gasteiger partial charge < -0.3 is 4.74 Å². The summed E-state index contributed by atoms with van der Waals surface area (Å²) in [6.45, 7) is 4.78. The maximum absolute atomic E-state index is 10.2. The van der Waals surface area contributed by atoms with E-state index in [-0.39, 0.29) is 12.1 Å². The number of nitrogens with zero attached hydrogens (tertiary/aromatic N) is 2. The van der Waals surface area contributed by atoms with Crippen molar-refractivity contribution in [2.45, 2.75) is 51.6 Å². The summed E-state index contributed by atoms with van der Waals surface area (Å²) in [6.07, 6.45) is 6.56. The molecule has 0 spiro atoms. The van der Waals surface area contributed by atoms with E-state index in [4.69, 9.17) is 4.74 Å². The van der Waals surface area contributed by atoms with Gasteiger partial charge in [0.05, 0.1) is 25.3 Å². The molecule has 5 nitrogen and oxygen atoms in total. The van der Waals surface area contributed by atoms with E-state index in [1.807, 2.05) is 13.8 Å². The molecular formula is C12H20N2O3. The number of aliphatic imine (C=N–C) groups is 2. The Labute approximate surface area is 102 Å². The maximum atomic E-state index is 10.2. The molecule has 0 radical (unpaired) electrons. The molecular weight excluding hydrogens is 220 g/mol. The number of hydrogen-bond acceptors (Lipinski definition) is 5. The van der Waals surface area contributed by atoms with Gasteiger partial charge in [-0.15, -0.1) is 0 Å². The van der Waals surface area contributed by atoms with Crippen LogP contribution in [-0.2, 0) is 14.3 Å². The van der Waals surface area contributed by atoms with Crippen molar-refractivity contribution >= 4 is 12.2 Å². The van der Waals surface area contributed by atoms with Crippen LogP contribution in [0.4, 0.5) is 0 Å². The zero-order chi connectivity index (χ0) is 12.9. The van der Waals surface area contributed by atoms with E-state index in [2.05, 4.69) is 9.98 Å². The third-order valence-electron chi connectivity index (χ3n) is 2.33. The second-order valence-electron chi connectivity index (χ2n) is 3.86. The minimum Gasteiger partial charge on any atom is -0.377 e. The quantitative estimate of drug-likeness (QED) is 0.433. The van der Waals surface area contributed by atoms with Crippen molar-refractivity contribution in [1.82, 2.24) is 0 Å². The summed E-state index contributed by atoms with van der Waals surface area (Å²) >= 11 is 0. The molecule has 0 aliphatic heterocycles. The molecule has 0 aliphatic rings. The van der Waals surface area contributed by atoms with Crippen LogP contribution in [0.15, 0.2) is 9.98 Å². The molecule has 0 N–H and O–H groups in total. The summed E-state index contributed by atoms with van der Waals surface area (Å²) in [7, 11) is 0. The first-order valence-electron chi connectivity index (χ1n) is 6.00. The van der Waals surface area contributed by atoms with Crippen molar-refractivity contribution in [1.29, 1.82) is 0 Å². The molecule has 0 aromatic rings. The second-order valence-corrected chi connectivity index (χ2v) is 3.86. The van der Waals surface area contributed by atoms with Crippen LogP contribution in [0.2, 0.25) is 0 Å². The minimum atomic E-state index is -0.139. The summed E-state index contributed by atoms with van der Waals surface area (Å²) in [5.74, 6) is 0. The van der Waals surface area contributed by atoms with Gasteiger partial charge in [0.1, 0.15) is 0 Å². The van der Waals surface area contributed by atoms with Crippen LogP contribution < -0.4 is 0 Å².